The van der Waals surface area contributed by atoms with Crippen molar-refractivity contribution < 1.29 is 14.7 Å². The number of primary amides is 1. The maximum atomic E-state index is 12.5. The molecule has 7 nitrogen and oxygen atoms in total. The van der Waals surface area contributed by atoms with Crippen LogP contribution < -0.4 is 11.1 Å². The van der Waals surface area contributed by atoms with Gasteiger partial charge >= 0.3 is 0 Å². The monoisotopic (exact) mass is 324 g/mol. The molecule has 0 unspecified atom stereocenters. The van der Waals surface area contributed by atoms with Crippen LogP contribution in [-0.4, -0.2) is 26.6 Å². The standard InChI is InChI=1S/C17H16N4O3/c18-16(24)11-8-19-21-15(9-4-6-10(22)7-5-9)14-12(20-17(11)21)2-1-3-13(14)23/h4-8,15,20,22H,1-3H2,(H2,18,24)/t15-/m0/s1. The number of aromatic nitrogens is 2. The summed E-state index contributed by atoms with van der Waals surface area (Å²) in [5.41, 5.74) is 8.03. The molecule has 4 rings (SSSR count). The fourth-order valence-corrected chi connectivity index (χ4v) is 3.40. The summed E-state index contributed by atoms with van der Waals surface area (Å²) in [6, 6.07) is 6.23. The molecule has 0 radical (unpaired) electrons. The van der Waals surface area contributed by atoms with Crippen LogP contribution in [0.15, 0.2) is 41.7 Å². The van der Waals surface area contributed by atoms with E-state index in [9.17, 15) is 14.7 Å². The molecule has 1 aliphatic carbocycles. The highest BCUT2D eigenvalue weighted by Crippen LogP contribution is 2.41. The van der Waals surface area contributed by atoms with E-state index in [-0.39, 0.29) is 11.5 Å². The molecule has 7 heteroatoms. The number of anilines is 1. The largest absolute Gasteiger partial charge is 0.508 e. The number of amides is 1. The first-order valence-electron chi connectivity index (χ1n) is 7.76. The van der Waals surface area contributed by atoms with Gasteiger partial charge in [-0.3, -0.25) is 9.59 Å². The molecule has 2 aliphatic rings. The van der Waals surface area contributed by atoms with Gasteiger partial charge < -0.3 is 16.2 Å². The summed E-state index contributed by atoms with van der Waals surface area (Å²) in [5.74, 6) is 0.160. The number of phenolic OH excluding ortho intramolecular Hbond substituents is 1. The van der Waals surface area contributed by atoms with Gasteiger partial charge in [0.05, 0.1) is 6.20 Å². The molecule has 2 heterocycles. The van der Waals surface area contributed by atoms with E-state index in [1.165, 1.54) is 6.20 Å². The van der Waals surface area contributed by atoms with Gasteiger partial charge in [0.15, 0.2) is 5.78 Å². The molecule has 1 aromatic heterocycles. The number of hydrogen-bond donors (Lipinski definition) is 3. The molecule has 0 saturated heterocycles. The molecule has 0 spiro atoms. The Morgan fingerprint density at radius 2 is 2.04 bits per heavy atom. The Morgan fingerprint density at radius 3 is 2.75 bits per heavy atom. The van der Waals surface area contributed by atoms with Crippen molar-refractivity contribution in [2.24, 2.45) is 5.73 Å². The van der Waals surface area contributed by atoms with Crippen LogP contribution in [0.2, 0.25) is 0 Å². The highest BCUT2D eigenvalue weighted by Gasteiger charge is 2.37. The van der Waals surface area contributed by atoms with Gasteiger partial charge in [-0.2, -0.15) is 5.10 Å². The minimum Gasteiger partial charge on any atom is -0.508 e. The predicted octanol–water partition coefficient (Wildman–Crippen LogP) is 1.71. The lowest BCUT2D eigenvalue weighted by atomic mass is 9.85. The average molecular weight is 324 g/mol. The summed E-state index contributed by atoms with van der Waals surface area (Å²) in [6.07, 6.45) is 3.42. The summed E-state index contributed by atoms with van der Waals surface area (Å²) in [5, 5.41) is 17.0. The molecule has 122 valence electrons. The number of nitrogens with zero attached hydrogens (tertiary/aromatic N) is 2. The minimum atomic E-state index is -0.570. The van der Waals surface area contributed by atoms with Crippen molar-refractivity contribution in [2.45, 2.75) is 25.3 Å². The molecule has 1 amide bonds. The third kappa shape index (κ3) is 2.09. The average Bonchev–Trinajstić information content (AvgIpc) is 2.98. The fraction of sp³-hybridized carbons (Fsp3) is 0.235. The van der Waals surface area contributed by atoms with Crippen LogP contribution in [0.1, 0.15) is 41.2 Å². The lowest BCUT2D eigenvalue weighted by Gasteiger charge is -2.33. The molecular formula is C17H16N4O3. The molecule has 0 saturated carbocycles. The molecule has 24 heavy (non-hydrogen) atoms. The van der Waals surface area contributed by atoms with Crippen molar-refractivity contribution in [2.75, 3.05) is 5.32 Å². The zero-order valence-corrected chi connectivity index (χ0v) is 12.8. The first-order valence-corrected chi connectivity index (χ1v) is 7.76. The number of Topliss-reactive ketones (excluding diaryl/α,β-unsaturated/α-hetero) is 1. The van der Waals surface area contributed by atoms with Gasteiger partial charge in [0.25, 0.3) is 5.91 Å². The third-order valence-electron chi connectivity index (χ3n) is 4.51. The van der Waals surface area contributed by atoms with Crippen LogP contribution in [0.5, 0.6) is 5.75 Å². The predicted molar refractivity (Wildman–Crippen MR) is 86.5 cm³/mol. The van der Waals surface area contributed by atoms with Gasteiger partial charge in [-0.15, -0.1) is 0 Å². The van der Waals surface area contributed by atoms with E-state index in [0.717, 1.165) is 24.1 Å². The van der Waals surface area contributed by atoms with E-state index in [4.69, 9.17) is 5.73 Å². The van der Waals surface area contributed by atoms with E-state index in [1.807, 2.05) is 0 Å². The minimum absolute atomic E-state index is 0.0728. The molecule has 1 atom stereocenters. The third-order valence-corrected chi connectivity index (χ3v) is 4.51. The lowest BCUT2D eigenvalue weighted by Crippen LogP contribution is -2.32. The SMILES string of the molecule is NC(=O)c1cnn2c1NC1=C(C(=O)CCC1)[C@@H]2c1ccc(O)cc1. The van der Waals surface area contributed by atoms with Gasteiger partial charge in [-0.05, 0) is 30.5 Å². The van der Waals surface area contributed by atoms with Crippen molar-refractivity contribution >= 4 is 17.5 Å². The number of fused-ring (bicyclic) bond motifs is 1. The second-order valence-corrected chi connectivity index (χ2v) is 6.00. The Labute approximate surface area is 137 Å². The fourth-order valence-electron chi connectivity index (χ4n) is 3.40. The van der Waals surface area contributed by atoms with Crippen molar-refractivity contribution in [1.82, 2.24) is 9.78 Å². The number of hydrogen-bond acceptors (Lipinski definition) is 5. The molecule has 0 bridgehead atoms. The number of allylic oxidation sites excluding steroid dienone is 2. The normalized spacial score (nSPS) is 19.5. The van der Waals surface area contributed by atoms with Crippen LogP contribution in [0, 0.1) is 0 Å². The Balaban J connectivity index is 1.93. The highest BCUT2D eigenvalue weighted by atomic mass is 16.3. The number of aromatic hydroxyl groups is 1. The van der Waals surface area contributed by atoms with Crippen LogP contribution in [-0.2, 0) is 4.79 Å². The maximum absolute atomic E-state index is 12.5. The van der Waals surface area contributed by atoms with E-state index in [0.29, 0.717) is 23.4 Å². The van der Waals surface area contributed by atoms with Gasteiger partial charge in [-0.1, -0.05) is 12.1 Å². The highest BCUT2D eigenvalue weighted by molar-refractivity contribution is 6.02. The summed E-state index contributed by atoms with van der Waals surface area (Å²) in [4.78, 5) is 24.2. The Hall–Kier alpha value is -3.09. The Morgan fingerprint density at radius 1 is 1.29 bits per heavy atom. The molecule has 4 N–H and O–H groups in total. The molecule has 0 fully saturated rings. The Kier molecular flexibility index (Phi) is 3.16. The number of nitrogens with two attached hydrogens (primary N) is 1. The van der Waals surface area contributed by atoms with Gasteiger partial charge in [0.1, 0.15) is 23.2 Å². The summed E-state index contributed by atoms with van der Waals surface area (Å²) in [7, 11) is 0. The van der Waals surface area contributed by atoms with E-state index in [2.05, 4.69) is 10.4 Å². The number of nitrogens with one attached hydrogen (secondary N) is 1. The van der Waals surface area contributed by atoms with E-state index in [1.54, 1.807) is 28.9 Å². The quantitative estimate of drug-likeness (QED) is 0.779. The summed E-state index contributed by atoms with van der Waals surface area (Å²) >= 11 is 0. The van der Waals surface area contributed by atoms with Crippen molar-refractivity contribution in [3.05, 3.63) is 52.9 Å². The van der Waals surface area contributed by atoms with E-state index >= 15 is 0 Å². The van der Waals surface area contributed by atoms with Crippen molar-refractivity contribution in [3.8, 4) is 5.75 Å². The lowest BCUT2D eigenvalue weighted by molar-refractivity contribution is -0.116. The first kappa shape index (κ1) is 14.5. The number of phenols is 1. The van der Waals surface area contributed by atoms with Crippen LogP contribution in [0.25, 0.3) is 0 Å². The molecular weight excluding hydrogens is 308 g/mol. The maximum Gasteiger partial charge on any atom is 0.254 e. The number of carbonyl (C=O) groups is 2. The first-order chi connectivity index (χ1) is 11.6. The summed E-state index contributed by atoms with van der Waals surface area (Å²) < 4.78 is 1.62. The molecule has 1 aliphatic heterocycles. The number of benzene rings is 1. The van der Waals surface area contributed by atoms with Gasteiger partial charge in [0.2, 0.25) is 0 Å². The number of carbonyl (C=O) groups excluding carboxylic acids is 2. The zero-order chi connectivity index (χ0) is 16.8. The Bertz CT molecular complexity index is 880. The smallest absolute Gasteiger partial charge is 0.254 e. The van der Waals surface area contributed by atoms with Crippen molar-refractivity contribution in [3.63, 3.8) is 0 Å². The summed E-state index contributed by atoms with van der Waals surface area (Å²) in [6.45, 7) is 0. The van der Waals surface area contributed by atoms with Crippen LogP contribution in [0.3, 0.4) is 0 Å². The number of ketones is 1. The zero-order valence-electron chi connectivity index (χ0n) is 12.8. The molecule has 2 aromatic rings. The topological polar surface area (TPSA) is 110 Å². The van der Waals surface area contributed by atoms with Crippen LogP contribution in [0.4, 0.5) is 5.82 Å². The number of rotatable bonds is 2. The van der Waals surface area contributed by atoms with Crippen molar-refractivity contribution in [1.29, 1.82) is 0 Å². The molecule has 1 aromatic carbocycles. The van der Waals surface area contributed by atoms with Crippen LogP contribution >= 0.6 is 0 Å². The van der Waals surface area contributed by atoms with E-state index < -0.39 is 11.9 Å². The second-order valence-electron chi connectivity index (χ2n) is 6.00. The second kappa shape index (κ2) is 5.23. The van der Waals surface area contributed by atoms with Gasteiger partial charge in [0, 0.05) is 17.7 Å². The van der Waals surface area contributed by atoms with Gasteiger partial charge in [-0.25, -0.2) is 4.68 Å².